The largest absolute Gasteiger partial charge is 0.453 e. The summed E-state index contributed by atoms with van der Waals surface area (Å²) in [5, 5.41) is 0. The summed E-state index contributed by atoms with van der Waals surface area (Å²) in [6.07, 6.45) is 5.33. The van der Waals surface area contributed by atoms with Gasteiger partial charge in [-0.05, 0) is 37.3 Å². The molecule has 2 aromatic rings. The van der Waals surface area contributed by atoms with Crippen molar-refractivity contribution in [2.45, 2.75) is 20.8 Å². The number of ketones is 1. The molecule has 0 aliphatic heterocycles. The van der Waals surface area contributed by atoms with Crippen molar-refractivity contribution in [3.05, 3.63) is 47.3 Å². The van der Waals surface area contributed by atoms with E-state index in [1.165, 1.54) is 31.2 Å². The second-order valence-electron chi connectivity index (χ2n) is 4.39. The third-order valence-corrected chi connectivity index (χ3v) is 2.91. The van der Waals surface area contributed by atoms with Gasteiger partial charge < -0.3 is 16.2 Å². The van der Waals surface area contributed by atoms with Crippen LogP contribution < -0.4 is 16.2 Å². The fourth-order valence-electron chi connectivity index (χ4n) is 1.84. The first-order valence-corrected chi connectivity index (χ1v) is 7.07. The van der Waals surface area contributed by atoms with Gasteiger partial charge in [0.25, 0.3) is 0 Å². The Kier molecular flexibility index (Phi) is 6.16. The lowest BCUT2D eigenvalue weighted by Crippen LogP contribution is -2.01. The predicted molar refractivity (Wildman–Crippen MR) is 91.0 cm³/mol. The molecule has 0 spiro atoms. The summed E-state index contributed by atoms with van der Waals surface area (Å²) in [4.78, 5) is 11.5. The molecule has 4 N–H and O–H groups in total. The number of nitrogens with two attached hydrogens (primary N) is 2. The van der Waals surface area contributed by atoms with Crippen molar-refractivity contribution in [1.29, 1.82) is 0 Å². The van der Waals surface area contributed by atoms with Crippen LogP contribution in [0.5, 0.6) is 11.5 Å². The number of carbonyl (C=O) groups excluding carboxylic acids is 1. The van der Waals surface area contributed by atoms with Crippen LogP contribution in [0.15, 0.2) is 30.3 Å². The number of rotatable bonds is 3. The summed E-state index contributed by atoms with van der Waals surface area (Å²) in [6.45, 7) is 5.38. The Morgan fingerprint density at radius 3 is 2.35 bits per heavy atom. The summed E-state index contributed by atoms with van der Waals surface area (Å²) in [7, 11) is 0. The maximum absolute atomic E-state index is 13.9. The number of nitrogen functional groups attached to an aromatic ring is 2. The molecule has 0 aliphatic carbocycles. The average Bonchev–Trinajstić information content (AvgIpc) is 2.54. The van der Waals surface area contributed by atoms with E-state index in [9.17, 15) is 9.18 Å². The second-order valence-corrected chi connectivity index (χ2v) is 4.39. The standard InChI is InChI=1S/C16H13FN2O2.C2H6/c1-3-11-14(18)7-5-13(17)16(11)21-10-4-6-15(19)12(8-10)9(2)20;1-2/h1,4-8H,18-19H2,2H3;1-2H3. The molecule has 2 rings (SSSR count). The molecule has 0 aromatic heterocycles. The van der Waals surface area contributed by atoms with E-state index >= 15 is 0 Å². The van der Waals surface area contributed by atoms with Crippen LogP contribution in [-0.4, -0.2) is 5.78 Å². The van der Waals surface area contributed by atoms with Gasteiger partial charge in [-0.15, -0.1) is 6.42 Å². The van der Waals surface area contributed by atoms with Crippen LogP contribution in [0.2, 0.25) is 0 Å². The molecule has 0 bridgehead atoms. The van der Waals surface area contributed by atoms with Crippen molar-refractivity contribution in [1.82, 2.24) is 0 Å². The number of anilines is 2. The van der Waals surface area contributed by atoms with E-state index in [2.05, 4.69) is 5.92 Å². The molecule has 23 heavy (non-hydrogen) atoms. The smallest absolute Gasteiger partial charge is 0.180 e. The molecular formula is C18H19FN2O2. The number of halogens is 1. The van der Waals surface area contributed by atoms with Crippen molar-refractivity contribution in [2.75, 3.05) is 11.5 Å². The maximum Gasteiger partial charge on any atom is 0.180 e. The van der Waals surface area contributed by atoms with E-state index in [0.29, 0.717) is 11.3 Å². The Morgan fingerprint density at radius 1 is 1.17 bits per heavy atom. The lowest BCUT2D eigenvalue weighted by Gasteiger charge is -2.12. The molecule has 0 heterocycles. The second kappa shape index (κ2) is 7.85. The van der Waals surface area contributed by atoms with Gasteiger partial charge in [-0.2, -0.15) is 0 Å². The fourth-order valence-corrected chi connectivity index (χ4v) is 1.84. The van der Waals surface area contributed by atoms with Gasteiger partial charge in [0.1, 0.15) is 5.75 Å². The van der Waals surface area contributed by atoms with Gasteiger partial charge in [-0.3, -0.25) is 4.79 Å². The maximum atomic E-state index is 13.9. The Bertz CT molecular complexity index is 764. The zero-order valence-corrected chi connectivity index (χ0v) is 13.3. The van der Waals surface area contributed by atoms with Gasteiger partial charge >= 0.3 is 0 Å². The summed E-state index contributed by atoms with van der Waals surface area (Å²) in [5.74, 6) is 1.52. The summed E-state index contributed by atoms with van der Waals surface area (Å²) in [6, 6.07) is 6.98. The van der Waals surface area contributed by atoms with Gasteiger partial charge in [-0.25, -0.2) is 4.39 Å². The topological polar surface area (TPSA) is 78.3 Å². The number of hydrogen-bond donors (Lipinski definition) is 2. The quantitative estimate of drug-likeness (QED) is 0.510. The molecule has 2 aromatic carbocycles. The monoisotopic (exact) mass is 314 g/mol. The Hall–Kier alpha value is -3.00. The normalized spacial score (nSPS) is 9.35. The third-order valence-electron chi connectivity index (χ3n) is 2.91. The van der Waals surface area contributed by atoms with E-state index in [1.807, 2.05) is 13.8 Å². The average molecular weight is 314 g/mol. The minimum absolute atomic E-state index is 0.121. The molecule has 0 saturated heterocycles. The molecule has 5 heteroatoms. The number of ether oxygens (including phenoxy) is 1. The minimum Gasteiger partial charge on any atom is -0.453 e. The lowest BCUT2D eigenvalue weighted by molar-refractivity contribution is 0.101. The van der Waals surface area contributed by atoms with E-state index in [0.717, 1.165) is 6.07 Å². The van der Waals surface area contributed by atoms with Crippen molar-refractivity contribution in [2.24, 2.45) is 0 Å². The Labute approximate surface area is 135 Å². The molecule has 0 saturated carbocycles. The van der Waals surface area contributed by atoms with Gasteiger partial charge in [0.05, 0.1) is 11.3 Å². The van der Waals surface area contributed by atoms with Crippen molar-refractivity contribution >= 4 is 17.2 Å². The first kappa shape index (κ1) is 18.1. The van der Waals surface area contributed by atoms with E-state index < -0.39 is 5.82 Å². The van der Waals surface area contributed by atoms with Crippen LogP contribution >= 0.6 is 0 Å². The van der Waals surface area contributed by atoms with Crippen molar-refractivity contribution in [3.8, 4) is 23.8 Å². The first-order chi connectivity index (χ1) is 10.9. The molecule has 0 amide bonds. The Morgan fingerprint density at radius 2 is 1.78 bits per heavy atom. The zero-order chi connectivity index (χ0) is 17.6. The third kappa shape index (κ3) is 4.01. The lowest BCUT2D eigenvalue weighted by atomic mass is 10.1. The van der Waals surface area contributed by atoms with Crippen LogP contribution in [0.3, 0.4) is 0 Å². The summed E-state index contributed by atoms with van der Waals surface area (Å²) >= 11 is 0. The van der Waals surface area contributed by atoms with Crippen molar-refractivity contribution in [3.63, 3.8) is 0 Å². The molecular weight excluding hydrogens is 295 g/mol. The molecule has 0 atom stereocenters. The SMILES string of the molecule is C#Cc1c(N)ccc(F)c1Oc1ccc(N)c(C(C)=O)c1.CC. The highest BCUT2D eigenvalue weighted by Gasteiger charge is 2.14. The van der Waals surface area contributed by atoms with E-state index in [-0.39, 0.29) is 28.5 Å². The highest BCUT2D eigenvalue weighted by Crippen LogP contribution is 2.32. The molecule has 0 radical (unpaired) electrons. The first-order valence-electron chi connectivity index (χ1n) is 7.07. The van der Waals surface area contributed by atoms with Gasteiger partial charge in [0, 0.05) is 11.3 Å². The van der Waals surface area contributed by atoms with Gasteiger partial charge in [0.2, 0.25) is 0 Å². The zero-order valence-electron chi connectivity index (χ0n) is 13.3. The highest BCUT2D eigenvalue weighted by atomic mass is 19.1. The summed E-state index contributed by atoms with van der Waals surface area (Å²) in [5.41, 5.74) is 12.3. The van der Waals surface area contributed by atoms with Crippen LogP contribution in [0.25, 0.3) is 0 Å². The van der Waals surface area contributed by atoms with Gasteiger partial charge in [-0.1, -0.05) is 19.8 Å². The van der Waals surface area contributed by atoms with Crippen LogP contribution in [-0.2, 0) is 0 Å². The number of Topliss-reactive ketones (excluding diaryl/α,β-unsaturated/α-hetero) is 1. The number of carbonyl (C=O) groups is 1. The molecule has 0 fully saturated rings. The van der Waals surface area contributed by atoms with Gasteiger partial charge in [0.15, 0.2) is 17.3 Å². The number of benzene rings is 2. The van der Waals surface area contributed by atoms with Crippen LogP contribution in [0.4, 0.5) is 15.8 Å². The number of terminal acetylenes is 1. The summed E-state index contributed by atoms with van der Waals surface area (Å²) < 4.78 is 19.3. The predicted octanol–water partition coefficient (Wildman–Crippen LogP) is 3.99. The van der Waals surface area contributed by atoms with E-state index in [1.54, 1.807) is 0 Å². The molecule has 0 unspecified atom stereocenters. The Balaban J connectivity index is 0.00000127. The highest BCUT2D eigenvalue weighted by molar-refractivity contribution is 5.99. The van der Waals surface area contributed by atoms with Crippen LogP contribution in [0.1, 0.15) is 36.7 Å². The fraction of sp³-hybridized carbons (Fsp3) is 0.167. The molecule has 4 nitrogen and oxygen atoms in total. The molecule has 120 valence electrons. The van der Waals surface area contributed by atoms with E-state index in [4.69, 9.17) is 22.6 Å². The van der Waals surface area contributed by atoms with Crippen LogP contribution in [0, 0.1) is 18.2 Å². The van der Waals surface area contributed by atoms with Crippen molar-refractivity contribution < 1.29 is 13.9 Å². The number of hydrogen-bond acceptors (Lipinski definition) is 4. The minimum atomic E-state index is -0.640. The molecule has 0 aliphatic rings.